The maximum absolute atomic E-state index is 13.4. The van der Waals surface area contributed by atoms with E-state index in [1.54, 1.807) is 12.1 Å². The Balaban J connectivity index is 1.82. The van der Waals surface area contributed by atoms with Gasteiger partial charge in [0.1, 0.15) is 11.6 Å². The van der Waals surface area contributed by atoms with Gasteiger partial charge in [0.05, 0.1) is 0 Å². The number of Topliss-reactive ketones (excluding diaryl/α,β-unsaturated/α-hetero) is 1. The fourth-order valence-electron chi connectivity index (χ4n) is 4.91. The quantitative estimate of drug-likeness (QED) is 0.399. The Kier molecular flexibility index (Phi) is 5.84. The minimum Gasteiger partial charge on any atom is -0.507 e. The van der Waals surface area contributed by atoms with E-state index in [1.165, 1.54) is 0 Å². The highest BCUT2D eigenvalue weighted by molar-refractivity contribution is 6.30. The summed E-state index contributed by atoms with van der Waals surface area (Å²) in [6.07, 6.45) is 1.89. The third kappa shape index (κ3) is 3.84. The second-order valence-electron chi connectivity index (χ2n) is 8.77. The molecule has 1 aliphatic carbocycles. The van der Waals surface area contributed by atoms with E-state index < -0.39 is 5.92 Å². The van der Waals surface area contributed by atoms with Gasteiger partial charge in [-0.15, -0.1) is 0 Å². The van der Waals surface area contributed by atoms with Gasteiger partial charge in [-0.2, -0.15) is 0 Å². The van der Waals surface area contributed by atoms with Gasteiger partial charge >= 0.3 is 0 Å². The third-order valence-electron chi connectivity index (χ3n) is 6.55. The molecule has 0 saturated carbocycles. The molecule has 0 aromatic heterocycles. The number of carbonyl (C=O) groups excluding carboxylic acids is 1. The van der Waals surface area contributed by atoms with E-state index in [2.05, 4.69) is 0 Å². The van der Waals surface area contributed by atoms with Crippen molar-refractivity contribution in [2.24, 2.45) is 0 Å². The van der Waals surface area contributed by atoms with Crippen molar-refractivity contribution in [3.05, 3.63) is 117 Å². The Morgan fingerprint density at radius 1 is 0.971 bits per heavy atom. The molecule has 1 heterocycles. The smallest absolute Gasteiger partial charge is 0.161 e. The number of carbonyl (C=O) groups is 1. The van der Waals surface area contributed by atoms with Gasteiger partial charge in [0.25, 0.3) is 0 Å². The minimum absolute atomic E-state index is 0.0100. The van der Waals surface area contributed by atoms with Crippen LogP contribution in [0, 0.1) is 12.3 Å². The standard InChI is InChI=1S/C29H25ClN2O2/c1-18-10-12-20(13-11-18)28(34)27-25(19-14-16-21(30)17-15-19)26-23(8-5-9-24(26)33)32(29(27)31)22-6-3-2-4-7-22/h2-4,6-7,10-17,25,31,34H,5,8-9H2,1H3/t25-/m0/s1. The van der Waals surface area contributed by atoms with Crippen LogP contribution in [-0.4, -0.2) is 16.7 Å². The highest BCUT2D eigenvalue weighted by atomic mass is 35.5. The number of hydrogen-bond acceptors (Lipinski definition) is 3. The Morgan fingerprint density at radius 3 is 2.32 bits per heavy atom. The molecule has 0 amide bonds. The zero-order chi connectivity index (χ0) is 23.8. The van der Waals surface area contributed by atoms with Crippen LogP contribution in [0.4, 0.5) is 5.69 Å². The summed E-state index contributed by atoms with van der Waals surface area (Å²) in [4.78, 5) is 15.3. The third-order valence-corrected chi connectivity index (χ3v) is 6.80. The van der Waals surface area contributed by atoms with Crippen LogP contribution in [0.1, 0.15) is 41.9 Å². The lowest BCUT2D eigenvalue weighted by Crippen LogP contribution is -2.42. The number of nitrogens with zero attached hydrogens (tertiary/aromatic N) is 1. The highest BCUT2D eigenvalue weighted by Gasteiger charge is 2.43. The molecule has 2 N–H and O–H groups in total. The van der Waals surface area contributed by atoms with E-state index in [9.17, 15) is 15.3 Å². The number of allylic oxidation sites excluding steroid dienone is 2. The topological polar surface area (TPSA) is 64.4 Å². The van der Waals surface area contributed by atoms with Gasteiger partial charge in [-0.3, -0.25) is 15.1 Å². The summed E-state index contributed by atoms with van der Waals surface area (Å²) in [6.45, 7) is 1.99. The Bertz CT molecular complexity index is 1320. The Labute approximate surface area is 204 Å². The normalized spacial score (nSPS) is 19.8. The van der Waals surface area contributed by atoms with Crippen LogP contribution >= 0.6 is 11.6 Å². The number of hydrogen-bond donors (Lipinski definition) is 2. The number of ketones is 1. The molecule has 170 valence electrons. The zero-order valence-electron chi connectivity index (χ0n) is 18.9. The average molecular weight is 469 g/mol. The predicted molar refractivity (Wildman–Crippen MR) is 137 cm³/mol. The maximum atomic E-state index is 13.4. The first-order valence-corrected chi connectivity index (χ1v) is 11.8. The monoisotopic (exact) mass is 468 g/mol. The minimum atomic E-state index is -0.547. The second-order valence-corrected chi connectivity index (χ2v) is 9.21. The number of para-hydroxylation sites is 1. The maximum Gasteiger partial charge on any atom is 0.161 e. The van der Waals surface area contributed by atoms with Crippen molar-refractivity contribution in [1.82, 2.24) is 0 Å². The van der Waals surface area contributed by atoms with Crippen molar-refractivity contribution in [2.45, 2.75) is 32.1 Å². The average Bonchev–Trinajstić information content (AvgIpc) is 2.85. The lowest BCUT2D eigenvalue weighted by Gasteiger charge is -2.41. The number of anilines is 1. The van der Waals surface area contributed by atoms with Gasteiger partial charge in [-0.25, -0.2) is 0 Å². The van der Waals surface area contributed by atoms with Crippen LogP contribution < -0.4 is 4.90 Å². The Morgan fingerprint density at radius 2 is 1.65 bits per heavy atom. The van der Waals surface area contributed by atoms with Gasteiger partial charge in [0.15, 0.2) is 5.78 Å². The van der Waals surface area contributed by atoms with Crippen LogP contribution in [0.5, 0.6) is 0 Å². The SMILES string of the molecule is Cc1ccc(C(O)=C2C(=N)N(c3ccccc3)C3=C(C(=O)CCC3)[C@@H]2c2ccc(Cl)cc2)cc1. The van der Waals surface area contributed by atoms with Gasteiger partial charge in [0, 0.05) is 45.5 Å². The number of aliphatic hydroxyl groups excluding tert-OH is 1. The highest BCUT2D eigenvalue weighted by Crippen LogP contribution is 2.47. The molecule has 5 heteroatoms. The lowest BCUT2D eigenvalue weighted by molar-refractivity contribution is -0.116. The van der Waals surface area contributed by atoms with Crippen molar-refractivity contribution in [3.63, 3.8) is 0 Å². The number of aryl methyl sites for hydroxylation is 1. The lowest BCUT2D eigenvalue weighted by atomic mass is 9.73. The number of aliphatic hydroxyl groups is 1. The van der Waals surface area contributed by atoms with Crippen molar-refractivity contribution in [1.29, 1.82) is 5.41 Å². The van der Waals surface area contributed by atoms with E-state index in [0.717, 1.165) is 28.9 Å². The van der Waals surface area contributed by atoms with Gasteiger partial charge in [0.2, 0.25) is 0 Å². The van der Waals surface area contributed by atoms with Crippen LogP contribution in [0.25, 0.3) is 5.76 Å². The molecular weight excluding hydrogens is 444 g/mol. The summed E-state index contributed by atoms with van der Waals surface area (Å²) >= 11 is 6.17. The molecule has 0 fully saturated rings. The summed E-state index contributed by atoms with van der Waals surface area (Å²) in [7, 11) is 0. The summed E-state index contributed by atoms with van der Waals surface area (Å²) in [5.74, 6) is -0.300. The first kappa shape index (κ1) is 22.2. The summed E-state index contributed by atoms with van der Waals surface area (Å²) < 4.78 is 0. The van der Waals surface area contributed by atoms with E-state index in [0.29, 0.717) is 34.6 Å². The molecule has 5 rings (SSSR count). The number of rotatable bonds is 3. The molecule has 3 aromatic carbocycles. The fraction of sp³-hybridized carbons (Fsp3) is 0.172. The zero-order valence-corrected chi connectivity index (χ0v) is 19.6. The fourth-order valence-corrected chi connectivity index (χ4v) is 5.04. The number of amidine groups is 1. The molecule has 4 nitrogen and oxygen atoms in total. The largest absolute Gasteiger partial charge is 0.507 e. The van der Waals surface area contributed by atoms with Crippen molar-refractivity contribution < 1.29 is 9.90 Å². The number of halogens is 1. The van der Waals surface area contributed by atoms with Gasteiger partial charge in [-0.1, -0.05) is 71.8 Å². The molecular formula is C29H25ClN2O2. The van der Waals surface area contributed by atoms with Crippen LogP contribution in [-0.2, 0) is 4.79 Å². The molecule has 0 unspecified atom stereocenters. The number of nitrogens with one attached hydrogen (secondary N) is 1. The first-order valence-electron chi connectivity index (χ1n) is 11.4. The Hall–Kier alpha value is -3.63. The molecule has 0 radical (unpaired) electrons. The molecule has 0 bridgehead atoms. The summed E-state index contributed by atoms with van der Waals surface area (Å²) in [5.41, 5.74) is 5.24. The second kappa shape index (κ2) is 8.96. The number of benzene rings is 3. The van der Waals surface area contributed by atoms with Crippen molar-refractivity contribution in [3.8, 4) is 0 Å². The van der Waals surface area contributed by atoms with E-state index in [4.69, 9.17) is 11.6 Å². The van der Waals surface area contributed by atoms with Crippen LogP contribution in [0.3, 0.4) is 0 Å². The van der Waals surface area contributed by atoms with Gasteiger partial charge < -0.3 is 5.11 Å². The summed E-state index contributed by atoms with van der Waals surface area (Å²) in [6, 6.07) is 24.5. The summed E-state index contributed by atoms with van der Waals surface area (Å²) in [5, 5.41) is 21.5. The first-order chi connectivity index (χ1) is 16.5. The molecule has 1 aliphatic heterocycles. The molecule has 3 aromatic rings. The molecule has 0 saturated heterocycles. The molecule has 2 aliphatic rings. The van der Waals surface area contributed by atoms with E-state index >= 15 is 0 Å². The van der Waals surface area contributed by atoms with E-state index in [1.807, 2.05) is 78.6 Å². The predicted octanol–water partition coefficient (Wildman–Crippen LogP) is 7.21. The molecule has 34 heavy (non-hydrogen) atoms. The molecule has 0 spiro atoms. The van der Waals surface area contributed by atoms with Crippen molar-refractivity contribution >= 4 is 34.7 Å². The van der Waals surface area contributed by atoms with Crippen LogP contribution in [0.15, 0.2) is 95.7 Å². The van der Waals surface area contributed by atoms with Crippen LogP contribution in [0.2, 0.25) is 5.02 Å². The molecule has 1 atom stereocenters. The van der Waals surface area contributed by atoms with Gasteiger partial charge in [-0.05, 0) is 49.6 Å². The van der Waals surface area contributed by atoms with Crippen molar-refractivity contribution in [2.75, 3.05) is 4.90 Å². The van der Waals surface area contributed by atoms with E-state index in [-0.39, 0.29) is 17.4 Å².